The molecule has 0 saturated carbocycles. The van der Waals surface area contributed by atoms with Crippen molar-refractivity contribution in [2.75, 3.05) is 26.8 Å². The summed E-state index contributed by atoms with van der Waals surface area (Å²) in [6, 6.07) is 20.4. The molecule has 0 saturated heterocycles. The van der Waals surface area contributed by atoms with E-state index >= 15 is 0 Å². The van der Waals surface area contributed by atoms with E-state index in [0.29, 0.717) is 31.6 Å². The number of carbonyl (C=O) groups is 5. The van der Waals surface area contributed by atoms with Gasteiger partial charge in [-0.3, -0.25) is 24.0 Å². The molecule has 1 aliphatic rings. The van der Waals surface area contributed by atoms with Crippen LogP contribution in [0.5, 0.6) is 11.5 Å². The van der Waals surface area contributed by atoms with Crippen LogP contribution in [-0.4, -0.2) is 74.5 Å². The number of aryl methyl sites for hydroxylation is 1. The number of fused-ring (bicyclic) bond motifs is 1. The van der Waals surface area contributed by atoms with Crippen molar-refractivity contribution in [3.63, 3.8) is 0 Å². The molecule has 1 heterocycles. The summed E-state index contributed by atoms with van der Waals surface area (Å²) in [5.74, 6) is -1.99. The monoisotopic (exact) mass is 685 g/mol. The molecule has 266 valence electrons. The van der Waals surface area contributed by atoms with Crippen LogP contribution in [0.25, 0.3) is 0 Å². The lowest BCUT2D eigenvalue weighted by molar-refractivity contribution is -0.133. The molecule has 0 unspecified atom stereocenters. The normalized spacial score (nSPS) is 19.3. The molecule has 4 rings (SSSR count). The van der Waals surface area contributed by atoms with Crippen molar-refractivity contribution >= 4 is 29.5 Å². The summed E-state index contributed by atoms with van der Waals surface area (Å²) in [6.07, 6.45) is 1.52. The van der Waals surface area contributed by atoms with E-state index in [0.717, 1.165) is 16.9 Å². The van der Waals surface area contributed by atoms with E-state index in [4.69, 9.17) is 9.47 Å². The number of methoxy groups -OCH3 is 1. The second-order valence-electron chi connectivity index (χ2n) is 12.5. The van der Waals surface area contributed by atoms with Gasteiger partial charge >= 0.3 is 0 Å². The largest absolute Gasteiger partial charge is 0.497 e. The lowest BCUT2D eigenvalue weighted by Crippen LogP contribution is -2.57. The zero-order chi connectivity index (χ0) is 35.9. The van der Waals surface area contributed by atoms with Crippen molar-refractivity contribution in [1.82, 2.24) is 26.6 Å². The van der Waals surface area contributed by atoms with Gasteiger partial charge in [0.05, 0.1) is 25.7 Å². The second kappa shape index (κ2) is 19.0. The van der Waals surface area contributed by atoms with Gasteiger partial charge in [0.1, 0.15) is 29.6 Å². The number of ether oxygens (including phenoxy) is 2. The van der Waals surface area contributed by atoms with Crippen LogP contribution >= 0.6 is 0 Å². The van der Waals surface area contributed by atoms with Gasteiger partial charge in [0.2, 0.25) is 23.6 Å². The van der Waals surface area contributed by atoms with Crippen molar-refractivity contribution < 1.29 is 33.4 Å². The van der Waals surface area contributed by atoms with Gasteiger partial charge in [-0.25, -0.2) is 0 Å². The summed E-state index contributed by atoms with van der Waals surface area (Å²) in [5.41, 5.74) is 2.09. The van der Waals surface area contributed by atoms with Gasteiger partial charge < -0.3 is 36.1 Å². The van der Waals surface area contributed by atoms with Crippen LogP contribution in [0, 0.1) is 5.92 Å². The third-order valence-electron chi connectivity index (χ3n) is 8.28. The maximum atomic E-state index is 13.6. The molecule has 0 fully saturated rings. The first-order chi connectivity index (χ1) is 24.1. The van der Waals surface area contributed by atoms with Crippen LogP contribution in [0.15, 0.2) is 78.9 Å². The Balaban J connectivity index is 1.53. The molecular formula is C38H47N5O7. The summed E-state index contributed by atoms with van der Waals surface area (Å²) in [5, 5.41) is 14.0. The number of para-hydroxylation sites is 1. The number of hydrogen-bond donors (Lipinski definition) is 5. The molecule has 0 radical (unpaired) electrons. The lowest BCUT2D eigenvalue weighted by Gasteiger charge is -2.26. The van der Waals surface area contributed by atoms with Crippen LogP contribution in [0.2, 0.25) is 0 Å². The molecule has 1 aliphatic heterocycles. The fourth-order valence-electron chi connectivity index (χ4n) is 5.54. The van der Waals surface area contributed by atoms with Crippen molar-refractivity contribution in [2.45, 2.75) is 64.1 Å². The molecule has 0 aliphatic carbocycles. The van der Waals surface area contributed by atoms with E-state index in [1.807, 2.05) is 54.6 Å². The van der Waals surface area contributed by atoms with E-state index in [-0.39, 0.29) is 37.0 Å². The predicted molar refractivity (Wildman–Crippen MR) is 189 cm³/mol. The maximum absolute atomic E-state index is 13.6. The molecule has 3 aromatic rings. The first kappa shape index (κ1) is 37.4. The number of hydrogen-bond acceptors (Lipinski definition) is 7. The second-order valence-corrected chi connectivity index (χ2v) is 12.5. The predicted octanol–water partition coefficient (Wildman–Crippen LogP) is 2.70. The smallest absolute Gasteiger partial charge is 0.255 e. The first-order valence-electron chi connectivity index (χ1n) is 17.0. The summed E-state index contributed by atoms with van der Waals surface area (Å²) < 4.78 is 11.2. The van der Waals surface area contributed by atoms with E-state index in [1.165, 1.54) is 0 Å². The van der Waals surface area contributed by atoms with Crippen LogP contribution in [0.4, 0.5) is 0 Å². The molecule has 0 bridgehead atoms. The maximum Gasteiger partial charge on any atom is 0.255 e. The van der Waals surface area contributed by atoms with E-state index in [1.54, 1.807) is 45.2 Å². The van der Waals surface area contributed by atoms with Crippen molar-refractivity contribution in [2.24, 2.45) is 5.92 Å². The first-order valence-corrected chi connectivity index (χ1v) is 17.0. The number of nitrogens with one attached hydrogen (secondary N) is 5. The molecule has 5 amide bonds. The molecular weight excluding hydrogens is 638 g/mol. The molecule has 3 aromatic carbocycles. The quantitative estimate of drug-likeness (QED) is 0.216. The Morgan fingerprint density at radius 2 is 1.64 bits per heavy atom. The van der Waals surface area contributed by atoms with Crippen LogP contribution in [0.3, 0.4) is 0 Å². The van der Waals surface area contributed by atoms with Crippen LogP contribution in [0.1, 0.15) is 54.6 Å². The minimum absolute atomic E-state index is 0.190. The van der Waals surface area contributed by atoms with Crippen LogP contribution < -0.4 is 36.1 Å². The lowest BCUT2D eigenvalue weighted by atomic mass is 10.0. The van der Waals surface area contributed by atoms with Crippen LogP contribution in [-0.2, 0) is 32.0 Å². The van der Waals surface area contributed by atoms with Gasteiger partial charge in [0.25, 0.3) is 5.91 Å². The van der Waals surface area contributed by atoms with Crippen molar-refractivity contribution in [3.8, 4) is 11.5 Å². The highest BCUT2D eigenvalue weighted by atomic mass is 16.5. The highest BCUT2D eigenvalue weighted by Crippen LogP contribution is 2.19. The fraction of sp³-hybridized carbons (Fsp3) is 0.395. The zero-order valence-corrected chi connectivity index (χ0v) is 28.8. The third-order valence-corrected chi connectivity index (χ3v) is 8.28. The topological polar surface area (TPSA) is 164 Å². The Morgan fingerprint density at radius 1 is 0.900 bits per heavy atom. The summed E-state index contributed by atoms with van der Waals surface area (Å²) in [4.78, 5) is 67.4. The molecule has 50 heavy (non-hydrogen) atoms. The molecule has 3 atom stereocenters. The molecule has 12 nitrogen and oxygen atoms in total. The van der Waals surface area contributed by atoms with Gasteiger partial charge in [-0.05, 0) is 60.6 Å². The Hall–Kier alpha value is -5.39. The van der Waals surface area contributed by atoms with Gasteiger partial charge in [-0.15, -0.1) is 0 Å². The van der Waals surface area contributed by atoms with Gasteiger partial charge in [-0.2, -0.15) is 0 Å². The summed E-state index contributed by atoms with van der Waals surface area (Å²) in [7, 11) is 1.60. The Morgan fingerprint density at radius 3 is 2.40 bits per heavy atom. The number of benzene rings is 3. The minimum Gasteiger partial charge on any atom is -0.497 e. The van der Waals surface area contributed by atoms with Crippen molar-refractivity contribution in [3.05, 3.63) is 95.6 Å². The SMILES string of the molecule is COc1cccc(CCCNC(=O)[C@@H]2CC(=O)N[C@@H](C(C)C)C(=O)N[C@@H](Cc3ccccc3)C(=O)NCCCOc3ccccc3C(=O)N2)c1. The Kier molecular flexibility index (Phi) is 14.2. The highest BCUT2D eigenvalue weighted by Gasteiger charge is 2.31. The fourth-order valence-corrected chi connectivity index (χ4v) is 5.54. The molecule has 0 aromatic heterocycles. The standard InChI is InChI=1S/C38H47N5O7/c1-25(2)34-38(48)42-30(23-27-12-5-4-6-13-27)36(46)40-20-11-21-50-32-18-8-7-17-29(32)35(45)41-31(24-33(44)43-34)37(47)39-19-10-15-26-14-9-16-28(22-26)49-3/h4-9,12-14,16-18,22,25,30-31,34H,10-11,15,19-21,23-24H2,1-3H3,(H,39,47)(H,40,46)(H,41,45)(H,42,48)(H,43,44)/t30-,31-,34-/m0/s1. The third kappa shape index (κ3) is 11.4. The van der Waals surface area contributed by atoms with E-state index < -0.39 is 48.2 Å². The Labute approximate surface area is 293 Å². The molecule has 12 heteroatoms. The van der Waals surface area contributed by atoms with Crippen molar-refractivity contribution in [1.29, 1.82) is 0 Å². The van der Waals surface area contributed by atoms with E-state index in [9.17, 15) is 24.0 Å². The van der Waals surface area contributed by atoms with Gasteiger partial charge in [-0.1, -0.05) is 68.4 Å². The summed E-state index contributed by atoms with van der Waals surface area (Å²) >= 11 is 0. The van der Waals surface area contributed by atoms with Gasteiger partial charge in [0.15, 0.2) is 0 Å². The average Bonchev–Trinajstić information content (AvgIpc) is 3.11. The molecule has 5 N–H and O–H groups in total. The number of carbonyl (C=O) groups excluding carboxylic acids is 5. The molecule has 0 spiro atoms. The van der Waals surface area contributed by atoms with Gasteiger partial charge in [0, 0.05) is 19.5 Å². The van der Waals surface area contributed by atoms with E-state index in [2.05, 4.69) is 26.6 Å². The summed E-state index contributed by atoms with van der Waals surface area (Å²) in [6.45, 7) is 4.29. The average molecular weight is 686 g/mol. The number of amides is 5. The zero-order valence-electron chi connectivity index (χ0n) is 28.8. The minimum atomic E-state index is -1.25. The Bertz CT molecular complexity index is 1610. The number of rotatable bonds is 9. The highest BCUT2D eigenvalue weighted by molar-refractivity contribution is 6.01.